The van der Waals surface area contributed by atoms with Gasteiger partial charge in [0.1, 0.15) is 11.6 Å². The van der Waals surface area contributed by atoms with Gasteiger partial charge in [-0.05, 0) is 103 Å². The van der Waals surface area contributed by atoms with Crippen LogP contribution < -0.4 is 35.1 Å². The lowest BCUT2D eigenvalue weighted by atomic mass is 10.1. The van der Waals surface area contributed by atoms with Crippen molar-refractivity contribution in [2.75, 3.05) is 116 Å². The van der Waals surface area contributed by atoms with Crippen LogP contribution in [-0.2, 0) is 0 Å². The summed E-state index contributed by atoms with van der Waals surface area (Å²) >= 11 is 0. The number of rotatable bonds is 5. The van der Waals surface area contributed by atoms with Crippen LogP contribution in [0.25, 0.3) is 0 Å². The van der Waals surface area contributed by atoms with Gasteiger partial charge in [-0.15, -0.1) is 0 Å². The molecule has 272 valence electrons. The van der Waals surface area contributed by atoms with Crippen LogP contribution in [-0.4, -0.2) is 135 Å². The highest BCUT2D eigenvalue weighted by Crippen LogP contribution is 2.40. The molecule has 3 aromatic heterocycles. The van der Waals surface area contributed by atoms with E-state index in [9.17, 15) is 4.79 Å². The van der Waals surface area contributed by atoms with Crippen molar-refractivity contribution in [1.29, 1.82) is 0 Å². The normalized spacial score (nSPS) is 22.8. The van der Waals surface area contributed by atoms with Gasteiger partial charge in [-0.2, -0.15) is 0 Å². The van der Waals surface area contributed by atoms with E-state index in [-0.39, 0.29) is 12.1 Å². The lowest BCUT2D eigenvalue weighted by Crippen LogP contribution is -2.46. The first-order valence-corrected chi connectivity index (χ1v) is 18.9. The van der Waals surface area contributed by atoms with Gasteiger partial charge in [0, 0.05) is 82.7 Å². The van der Waals surface area contributed by atoms with E-state index in [0.29, 0.717) is 23.8 Å². The summed E-state index contributed by atoms with van der Waals surface area (Å²) in [6.07, 6.45) is 10.1. The predicted octanol–water partition coefficient (Wildman–Crippen LogP) is 4.25. The minimum Gasteiger partial charge on any atom is -0.368 e. The van der Waals surface area contributed by atoms with Gasteiger partial charge in [-0.1, -0.05) is 0 Å². The maximum Gasteiger partial charge on any atom is 0.327 e. The number of urea groups is 1. The smallest absolute Gasteiger partial charge is 0.327 e. The van der Waals surface area contributed by atoms with Crippen molar-refractivity contribution in [2.24, 2.45) is 0 Å². The molecule has 4 bridgehead atoms. The van der Waals surface area contributed by atoms with Crippen molar-refractivity contribution in [2.45, 2.75) is 62.7 Å². The molecule has 0 spiro atoms. The Kier molecular flexibility index (Phi) is 9.49. The van der Waals surface area contributed by atoms with Gasteiger partial charge in [0.2, 0.25) is 0 Å². The molecule has 11 heterocycles. The topological polar surface area (TPSA) is 102 Å². The molecule has 3 aromatic rings. The molecule has 8 aliphatic rings. The van der Waals surface area contributed by atoms with Crippen LogP contribution in [0.15, 0.2) is 48.8 Å². The fourth-order valence-electron chi connectivity index (χ4n) is 8.63. The number of piperidine rings is 2. The summed E-state index contributed by atoms with van der Waals surface area (Å²) in [7, 11) is 8.61. The second-order valence-electron chi connectivity index (χ2n) is 15.4. The van der Waals surface area contributed by atoms with Crippen molar-refractivity contribution < 1.29 is 4.79 Å². The zero-order chi connectivity index (χ0) is 35.1. The summed E-state index contributed by atoms with van der Waals surface area (Å²) in [4.78, 5) is 43.6. The van der Waals surface area contributed by atoms with Crippen molar-refractivity contribution >= 4 is 46.4 Å². The number of hydrogen-bond donors (Lipinski definition) is 2. The van der Waals surface area contributed by atoms with Crippen LogP contribution in [0.1, 0.15) is 38.5 Å². The molecule has 4 fully saturated rings. The first-order chi connectivity index (χ1) is 24.8. The van der Waals surface area contributed by atoms with E-state index in [4.69, 9.17) is 9.97 Å². The maximum absolute atomic E-state index is 13.4. The van der Waals surface area contributed by atoms with E-state index in [1.54, 1.807) is 12.4 Å². The monoisotopic (exact) mass is 694 g/mol. The first-order valence-electron chi connectivity index (χ1n) is 18.9. The molecule has 2 N–H and O–H groups in total. The molecular weight excluding hydrogens is 641 g/mol. The Balaban J connectivity index is 0.000000156. The van der Waals surface area contributed by atoms with E-state index < -0.39 is 0 Å². The molecule has 2 amide bonds. The molecule has 4 saturated heterocycles. The SMILES string of the molecule is CN(C)[C@H]1CCN(c2ccc3c(n2)N(C(=O)Nc2cccnc2)C2CCN3CC2)C1.CN(C)[C@H]1CCN(c2ccc3c(n2)NC2CCN3CC2)C1. The molecule has 51 heavy (non-hydrogen) atoms. The van der Waals surface area contributed by atoms with Crippen LogP contribution in [0.3, 0.4) is 0 Å². The summed E-state index contributed by atoms with van der Waals surface area (Å²) in [5.74, 6) is 3.97. The number of likely N-dealkylation sites (N-methyl/N-ethyl adjacent to an activating group) is 2. The number of hydrogen-bond acceptors (Lipinski definition) is 11. The first kappa shape index (κ1) is 33.8. The Morgan fingerprint density at radius 3 is 1.92 bits per heavy atom. The Hall–Kier alpha value is -4.36. The molecule has 13 heteroatoms. The molecule has 13 nitrogen and oxygen atoms in total. The van der Waals surface area contributed by atoms with Crippen LogP contribution in [0.2, 0.25) is 0 Å². The summed E-state index contributed by atoms with van der Waals surface area (Å²) in [6.45, 7) is 8.41. The van der Waals surface area contributed by atoms with Crippen molar-refractivity contribution in [3.63, 3.8) is 0 Å². The zero-order valence-electron chi connectivity index (χ0n) is 30.7. The van der Waals surface area contributed by atoms with Crippen LogP contribution in [0.4, 0.5) is 45.1 Å². The quantitative estimate of drug-likeness (QED) is 0.401. The molecule has 0 radical (unpaired) electrons. The molecule has 0 aliphatic carbocycles. The number of fused-ring (bicyclic) bond motifs is 4. The average molecular weight is 695 g/mol. The largest absolute Gasteiger partial charge is 0.368 e. The van der Waals surface area contributed by atoms with Gasteiger partial charge in [-0.3, -0.25) is 9.88 Å². The van der Waals surface area contributed by atoms with Crippen molar-refractivity contribution in [1.82, 2.24) is 24.8 Å². The van der Waals surface area contributed by atoms with Gasteiger partial charge < -0.3 is 40.0 Å². The number of pyridine rings is 3. The molecule has 11 rings (SSSR count). The number of aromatic nitrogens is 3. The van der Waals surface area contributed by atoms with E-state index in [1.165, 1.54) is 24.9 Å². The zero-order valence-corrected chi connectivity index (χ0v) is 30.7. The molecule has 0 aromatic carbocycles. The number of carbonyl (C=O) groups is 1. The molecular formula is C38H54N12O. The van der Waals surface area contributed by atoms with Crippen LogP contribution in [0.5, 0.6) is 0 Å². The standard InChI is InChI=1S/C22H29N7O.C16H25N5/c1-26(2)18-9-13-28(15-18)20-6-5-19-21(25-20)29(17-7-11-27(19)12-8-17)22(30)24-16-4-3-10-23-14-16;1-19(2)13-7-10-21(11-13)15-4-3-14-16(18-15)17-12-5-8-20(14)9-6-12/h3-6,10,14,17-18H,7-9,11-13,15H2,1-2H3,(H,24,30);3-4,12-13H,5-11H2,1-2H3,(H,17,18)/t18-;13-/m00/s1. The van der Waals surface area contributed by atoms with Gasteiger partial charge >= 0.3 is 6.03 Å². The summed E-state index contributed by atoms with van der Waals surface area (Å²) < 4.78 is 0. The maximum atomic E-state index is 13.4. The average Bonchev–Trinajstić information content (AvgIpc) is 3.71. The van der Waals surface area contributed by atoms with E-state index in [1.807, 2.05) is 17.0 Å². The Morgan fingerprint density at radius 1 is 0.725 bits per heavy atom. The highest BCUT2D eigenvalue weighted by molar-refractivity contribution is 6.04. The second kappa shape index (κ2) is 14.3. The summed E-state index contributed by atoms with van der Waals surface area (Å²) in [5.41, 5.74) is 3.05. The molecule has 8 aliphatic heterocycles. The minimum absolute atomic E-state index is 0.129. The Bertz CT molecular complexity index is 1670. The minimum atomic E-state index is -0.129. The van der Waals surface area contributed by atoms with Gasteiger partial charge in [-0.25, -0.2) is 14.8 Å². The fraction of sp³-hybridized carbons (Fsp3) is 0.579. The third-order valence-corrected chi connectivity index (χ3v) is 11.8. The molecule has 0 saturated carbocycles. The number of amides is 2. The lowest BCUT2D eigenvalue weighted by molar-refractivity contribution is 0.253. The van der Waals surface area contributed by atoms with Gasteiger partial charge in [0.05, 0.1) is 23.3 Å². The van der Waals surface area contributed by atoms with Crippen molar-refractivity contribution in [3.05, 3.63) is 48.8 Å². The van der Waals surface area contributed by atoms with Crippen LogP contribution >= 0.6 is 0 Å². The van der Waals surface area contributed by atoms with E-state index in [0.717, 1.165) is 101 Å². The van der Waals surface area contributed by atoms with Gasteiger partial charge in [0.15, 0.2) is 11.6 Å². The third-order valence-electron chi connectivity index (χ3n) is 11.8. The van der Waals surface area contributed by atoms with Crippen LogP contribution in [0, 0.1) is 0 Å². The summed E-state index contributed by atoms with van der Waals surface area (Å²) in [5, 5.41) is 6.68. The highest BCUT2D eigenvalue weighted by Gasteiger charge is 2.38. The highest BCUT2D eigenvalue weighted by atomic mass is 16.2. The van der Waals surface area contributed by atoms with Crippen molar-refractivity contribution in [3.8, 4) is 0 Å². The third kappa shape index (κ3) is 6.97. The number of carbonyl (C=O) groups excluding carboxylic acids is 1. The second-order valence-corrected chi connectivity index (χ2v) is 15.4. The number of nitrogens with zero attached hydrogens (tertiary/aromatic N) is 10. The van der Waals surface area contributed by atoms with E-state index >= 15 is 0 Å². The molecule has 2 atom stereocenters. The fourth-order valence-corrected chi connectivity index (χ4v) is 8.63. The Labute approximate surface area is 302 Å². The number of anilines is 7. The molecule has 0 unspecified atom stereocenters. The number of nitrogens with one attached hydrogen (secondary N) is 2. The summed E-state index contributed by atoms with van der Waals surface area (Å²) in [6, 6.07) is 14.3. The van der Waals surface area contributed by atoms with E-state index in [2.05, 4.69) is 97.5 Å². The van der Waals surface area contributed by atoms with Gasteiger partial charge in [0.25, 0.3) is 0 Å². The Morgan fingerprint density at radius 2 is 1.31 bits per heavy atom. The predicted molar refractivity (Wildman–Crippen MR) is 207 cm³/mol. The lowest BCUT2D eigenvalue weighted by Gasteiger charge is -2.31.